The zero-order valence-corrected chi connectivity index (χ0v) is 7.49. The highest BCUT2D eigenvalue weighted by molar-refractivity contribution is 6.34. The molecule has 4 heteroatoms. The number of ether oxygens (including phenoxy) is 1. The van der Waals surface area contributed by atoms with Gasteiger partial charge in [0.25, 0.3) is 0 Å². The molecule has 1 rings (SSSR count). The van der Waals surface area contributed by atoms with Gasteiger partial charge >= 0.3 is 0 Å². The topological polar surface area (TPSA) is 22.1 Å². The van der Waals surface area contributed by atoms with Crippen molar-refractivity contribution in [3.8, 4) is 0 Å². The highest BCUT2D eigenvalue weighted by atomic mass is 35.5. The summed E-state index contributed by atoms with van der Waals surface area (Å²) in [6.07, 6.45) is 1.61. The molecule has 0 atom stereocenters. The van der Waals surface area contributed by atoms with Gasteiger partial charge in [0.1, 0.15) is 5.15 Å². The number of methoxy groups -OCH3 is 1. The lowest BCUT2D eigenvalue weighted by molar-refractivity contribution is 0.184. The van der Waals surface area contributed by atoms with Crippen LogP contribution in [0.3, 0.4) is 0 Å². The van der Waals surface area contributed by atoms with Crippen molar-refractivity contribution in [2.24, 2.45) is 0 Å². The zero-order chi connectivity index (χ0) is 8.27. The van der Waals surface area contributed by atoms with Gasteiger partial charge in [-0.2, -0.15) is 0 Å². The highest BCUT2D eigenvalue weighted by Crippen LogP contribution is 2.18. The van der Waals surface area contributed by atoms with Gasteiger partial charge in [0.2, 0.25) is 0 Å². The second kappa shape index (κ2) is 3.90. The predicted molar refractivity (Wildman–Crippen MR) is 45.0 cm³/mol. The molecule has 0 unspecified atom stereocenters. The van der Waals surface area contributed by atoms with E-state index >= 15 is 0 Å². The Morgan fingerprint density at radius 3 is 2.82 bits per heavy atom. The van der Waals surface area contributed by atoms with E-state index in [4.69, 9.17) is 27.9 Å². The van der Waals surface area contributed by atoms with Crippen LogP contribution in [0.4, 0.5) is 0 Å². The van der Waals surface area contributed by atoms with Crippen molar-refractivity contribution in [1.29, 1.82) is 0 Å². The minimum atomic E-state index is 0.398. The standard InChI is InChI=1S/C7H7Cl2NO/c1-11-4-5-3-10-7(9)2-6(5)8/h2-3H,4H2,1H3. The second-order valence-electron chi connectivity index (χ2n) is 2.03. The molecule has 0 aliphatic rings. The normalized spacial score (nSPS) is 10.1. The van der Waals surface area contributed by atoms with Gasteiger partial charge in [0.15, 0.2) is 0 Å². The first kappa shape index (κ1) is 8.78. The molecule has 0 aliphatic heterocycles. The lowest BCUT2D eigenvalue weighted by Gasteiger charge is -2.00. The third-order valence-electron chi connectivity index (χ3n) is 1.20. The van der Waals surface area contributed by atoms with Crippen LogP contribution in [0.1, 0.15) is 5.56 Å². The quantitative estimate of drug-likeness (QED) is 0.671. The van der Waals surface area contributed by atoms with Crippen LogP contribution in [-0.2, 0) is 11.3 Å². The first-order valence-corrected chi connectivity index (χ1v) is 3.78. The predicted octanol–water partition coefficient (Wildman–Crippen LogP) is 2.53. The Kier molecular flexibility index (Phi) is 3.12. The van der Waals surface area contributed by atoms with Gasteiger partial charge in [0.05, 0.1) is 11.6 Å². The molecule has 0 spiro atoms. The molecule has 0 radical (unpaired) electrons. The van der Waals surface area contributed by atoms with Crippen LogP contribution in [0.15, 0.2) is 12.3 Å². The van der Waals surface area contributed by atoms with E-state index in [-0.39, 0.29) is 0 Å². The molecule has 0 saturated carbocycles. The minimum absolute atomic E-state index is 0.398. The Hall–Kier alpha value is -0.310. The van der Waals surface area contributed by atoms with Crippen LogP contribution in [0.2, 0.25) is 10.2 Å². The van der Waals surface area contributed by atoms with Gasteiger partial charge in [-0.05, 0) is 6.07 Å². The summed E-state index contributed by atoms with van der Waals surface area (Å²) < 4.78 is 4.88. The lowest BCUT2D eigenvalue weighted by Crippen LogP contribution is -1.90. The molecule has 0 aliphatic carbocycles. The maximum atomic E-state index is 5.80. The van der Waals surface area contributed by atoms with Gasteiger partial charge < -0.3 is 4.74 Å². The third-order valence-corrected chi connectivity index (χ3v) is 1.75. The van der Waals surface area contributed by atoms with Crippen LogP contribution in [-0.4, -0.2) is 12.1 Å². The highest BCUT2D eigenvalue weighted by Gasteiger charge is 2.00. The van der Waals surface area contributed by atoms with Crippen molar-refractivity contribution in [2.75, 3.05) is 7.11 Å². The number of aromatic nitrogens is 1. The van der Waals surface area contributed by atoms with E-state index in [1.165, 1.54) is 0 Å². The molecular formula is C7H7Cl2NO. The number of nitrogens with zero attached hydrogens (tertiary/aromatic N) is 1. The Morgan fingerprint density at radius 1 is 1.55 bits per heavy atom. The van der Waals surface area contributed by atoms with Crippen molar-refractivity contribution in [3.63, 3.8) is 0 Å². The molecule has 1 aromatic rings. The molecular weight excluding hydrogens is 185 g/mol. The van der Waals surface area contributed by atoms with Crippen molar-refractivity contribution in [3.05, 3.63) is 28.0 Å². The van der Waals surface area contributed by atoms with E-state index in [2.05, 4.69) is 4.98 Å². The fourth-order valence-electron chi connectivity index (χ4n) is 0.697. The summed E-state index contributed by atoms with van der Waals surface area (Å²) in [6.45, 7) is 0.461. The molecule has 11 heavy (non-hydrogen) atoms. The molecule has 2 nitrogen and oxygen atoms in total. The molecule has 0 N–H and O–H groups in total. The first-order chi connectivity index (χ1) is 5.24. The average Bonchev–Trinajstić information content (AvgIpc) is 1.95. The van der Waals surface area contributed by atoms with E-state index in [0.29, 0.717) is 16.8 Å². The van der Waals surface area contributed by atoms with Crippen molar-refractivity contribution in [1.82, 2.24) is 4.98 Å². The molecule has 0 saturated heterocycles. The van der Waals surface area contributed by atoms with Gasteiger partial charge in [-0.25, -0.2) is 4.98 Å². The van der Waals surface area contributed by atoms with Gasteiger partial charge in [-0.1, -0.05) is 23.2 Å². The summed E-state index contributed by atoms with van der Waals surface area (Å²) in [6, 6.07) is 1.59. The van der Waals surface area contributed by atoms with E-state index in [1.54, 1.807) is 19.4 Å². The molecule has 1 aromatic heterocycles. The zero-order valence-electron chi connectivity index (χ0n) is 5.97. The Balaban J connectivity index is 2.90. The first-order valence-electron chi connectivity index (χ1n) is 3.03. The average molecular weight is 192 g/mol. The summed E-state index contributed by atoms with van der Waals surface area (Å²) in [5.41, 5.74) is 0.846. The van der Waals surface area contributed by atoms with Crippen LogP contribution < -0.4 is 0 Å². The fourth-order valence-corrected chi connectivity index (χ4v) is 1.12. The number of rotatable bonds is 2. The SMILES string of the molecule is COCc1cnc(Cl)cc1Cl. The number of halogens is 2. The molecule has 0 aromatic carbocycles. The van der Waals surface area contributed by atoms with Gasteiger partial charge in [-0.15, -0.1) is 0 Å². The van der Waals surface area contributed by atoms with E-state index in [1.807, 2.05) is 0 Å². The monoisotopic (exact) mass is 191 g/mol. The van der Waals surface area contributed by atoms with E-state index in [0.717, 1.165) is 5.56 Å². The fraction of sp³-hybridized carbons (Fsp3) is 0.286. The van der Waals surface area contributed by atoms with Crippen LogP contribution in [0.25, 0.3) is 0 Å². The van der Waals surface area contributed by atoms with Crippen LogP contribution in [0, 0.1) is 0 Å². The lowest BCUT2D eigenvalue weighted by atomic mass is 10.3. The maximum Gasteiger partial charge on any atom is 0.130 e. The molecule has 0 amide bonds. The van der Waals surface area contributed by atoms with Crippen molar-refractivity contribution < 1.29 is 4.74 Å². The summed E-state index contributed by atoms with van der Waals surface area (Å²) >= 11 is 11.4. The summed E-state index contributed by atoms with van der Waals surface area (Å²) in [7, 11) is 1.60. The van der Waals surface area contributed by atoms with Crippen LogP contribution in [0.5, 0.6) is 0 Å². The summed E-state index contributed by atoms with van der Waals surface area (Å²) in [5, 5.41) is 0.988. The van der Waals surface area contributed by atoms with Gasteiger partial charge in [-0.3, -0.25) is 0 Å². The summed E-state index contributed by atoms with van der Waals surface area (Å²) in [5.74, 6) is 0. The smallest absolute Gasteiger partial charge is 0.130 e. The Labute approximate surface area is 75.1 Å². The third kappa shape index (κ3) is 2.33. The number of hydrogen-bond donors (Lipinski definition) is 0. The molecule has 0 bridgehead atoms. The van der Waals surface area contributed by atoms with E-state index in [9.17, 15) is 0 Å². The second-order valence-corrected chi connectivity index (χ2v) is 2.83. The maximum absolute atomic E-state index is 5.80. The molecule has 1 heterocycles. The Morgan fingerprint density at radius 2 is 2.27 bits per heavy atom. The van der Waals surface area contributed by atoms with E-state index < -0.39 is 0 Å². The summed E-state index contributed by atoms with van der Waals surface area (Å²) in [4.78, 5) is 3.86. The number of hydrogen-bond acceptors (Lipinski definition) is 2. The molecule has 0 fully saturated rings. The minimum Gasteiger partial charge on any atom is -0.380 e. The van der Waals surface area contributed by atoms with Crippen molar-refractivity contribution in [2.45, 2.75) is 6.61 Å². The Bertz CT molecular complexity index is 252. The number of pyridine rings is 1. The van der Waals surface area contributed by atoms with Gasteiger partial charge in [0, 0.05) is 18.9 Å². The largest absolute Gasteiger partial charge is 0.380 e. The molecule has 60 valence electrons. The van der Waals surface area contributed by atoms with Crippen molar-refractivity contribution >= 4 is 23.2 Å². The van der Waals surface area contributed by atoms with Crippen LogP contribution >= 0.6 is 23.2 Å².